The van der Waals surface area contributed by atoms with E-state index < -0.39 is 8.07 Å². The van der Waals surface area contributed by atoms with Gasteiger partial charge in [0.15, 0.2) is 0 Å². The van der Waals surface area contributed by atoms with Gasteiger partial charge in [0.25, 0.3) is 0 Å². The van der Waals surface area contributed by atoms with Crippen LogP contribution in [-0.4, -0.2) is 20.8 Å². The van der Waals surface area contributed by atoms with Crippen molar-refractivity contribution in [1.82, 2.24) is 5.32 Å². The Bertz CT molecular complexity index is 80.7. The summed E-state index contributed by atoms with van der Waals surface area (Å²) in [5, 5.41) is 3.49. The molecular formula is C8H22BrNSi. The molecule has 0 aromatic rings. The molecule has 3 heteroatoms. The van der Waals surface area contributed by atoms with E-state index in [4.69, 9.17) is 0 Å². The van der Waals surface area contributed by atoms with Crippen LogP contribution >= 0.6 is 17.0 Å². The highest BCUT2D eigenvalue weighted by atomic mass is 79.9. The van der Waals surface area contributed by atoms with E-state index in [9.17, 15) is 0 Å². The highest BCUT2D eigenvalue weighted by molar-refractivity contribution is 8.93. The Kier molecular flexibility index (Phi) is 9.44. The fraction of sp³-hybridized carbons (Fsp3) is 1.00. The van der Waals surface area contributed by atoms with Crippen LogP contribution in [0.25, 0.3) is 0 Å². The first-order chi connectivity index (χ1) is 4.56. The Morgan fingerprint density at radius 2 is 1.73 bits per heavy atom. The van der Waals surface area contributed by atoms with Crippen molar-refractivity contribution in [3.05, 3.63) is 0 Å². The minimum atomic E-state index is -0.818. The smallest absolute Gasteiger partial charge is 0.0595 e. The van der Waals surface area contributed by atoms with E-state index in [1.165, 1.54) is 25.6 Å². The lowest BCUT2D eigenvalue weighted by Gasteiger charge is -2.15. The van der Waals surface area contributed by atoms with Gasteiger partial charge in [-0.05, 0) is 19.1 Å². The second-order valence-corrected chi connectivity index (χ2v) is 9.57. The van der Waals surface area contributed by atoms with Gasteiger partial charge in [0, 0.05) is 0 Å². The predicted molar refractivity (Wildman–Crippen MR) is 61.4 cm³/mol. The van der Waals surface area contributed by atoms with Crippen LogP contribution in [0.2, 0.25) is 19.6 Å². The third-order valence-corrected chi connectivity index (χ3v) is 2.67. The zero-order valence-corrected chi connectivity index (χ0v) is 10.9. The van der Waals surface area contributed by atoms with Crippen molar-refractivity contribution >= 4 is 25.1 Å². The van der Waals surface area contributed by atoms with E-state index in [1.54, 1.807) is 0 Å². The summed E-state index contributed by atoms with van der Waals surface area (Å²) in [6, 6.07) is 0. The monoisotopic (exact) mass is 239 g/mol. The standard InChI is InChI=1S/C8H21NSi.BrH/c1-5-6-7-9-8-10(2,3)4;/h9H,5-8H2,1-4H3;1H. The Balaban J connectivity index is 0. The second kappa shape index (κ2) is 7.31. The summed E-state index contributed by atoms with van der Waals surface area (Å²) in [5.74, 6) is 0. The van der Waals surface area contributed by atoms with Crippen LogP contribution in [0.1, 0.15) is 19.8 Å². The topological polar surface area (TPSA) is 12.0 Å². The quantitative estimate of drug-likeness (QED) is 0.575. The van der Waals surface area contributed by atoms with Gasteiger partial charge >= 0.3 is 0 Å². The molecule has 0 bridgehead atoms. The minimum Gasteiger partial charge on any atom is -0.319 e. The maximum Gasteiger partial charge on any atom is 0.0595 e. The van der Waals surface area contributed by atoms with Gasteiger partial charge in [0.05, 0.1) is 8.07 Å². The lowest BCUT2D eigenvalue weighted by Crippen LogP contribution is -2.36. The first-order valence-corrected chi connectivity index (χ1v) is 7.97. The SMILES string of the molecule is Br.CCCCNC[Si](C)(C)C. The second-order valence-electron chi connectivity index (χ2n) is 4.09. The number of nitrogens with one attached hydrogen (secondary N) is 1. The molecule has 0 unspecified atom stereocenters. The lowest BCUT2D eigenvalue weighted by molar-refractivity contribution is 0.690. The van der Waals surface area contributed by atoms with Gasteiger partial charge in [-0.2, -0.15) is 0 Å². The molecule has 0 aromatic heterocycles. The summed E-state index contributed by atoms with van der Waals surface area (Å²) in [5.41, 5.74) is 0. The summed E-state index contributed by atoms with van der Waals surface area (Å²) in [6.45, 7) is 10.6. The summed E-state index contributed by atoms with van der Waals surface area (Å²) < 4.78 is 0. The minimum absolute atomic E-state index is 0. The third kappa shape index (κ3) is 13.6. The molecule has 0 saturated carbocycles. The lowest BCUT2D eigenvalue weighted by atomic mass is 10.3. The molecule has 11 heavy (non-hydrogen) atoms. The van der Waals surface area contributed by atoms with E-state index in [0.29, 0.717) is 0 Å². The number of rotatable bonds is 5. The molecule has 1 N–H and O–H groups in total. The average molecular weight is 240 g/mol. The van der Waals surface area contributed by atoms with Crippen LogP contribution < -0.4 is 5.32 Å². The molecule has 1 nitrogen and oxygen atoms in total. The van der Waals surface area contributed by atoms with Gasteiger partial charge in [-0.3, -0.25) is 0 Å². The molecule has 0 heterocycles. The van der Waals surface area contributed by atoms with Crippen molar-refractivity contribution in [3.8, 4) is 0 Å². The van der Waals surface area contributed by atoms with Crippen molar-refractivity contribution in [2.24, 2.45) is 0 Å². The fourth-order valence-corrected chi connectivity index (χ4v) is 1.69. The van der Waals surface area contributed by atoms with Crippen molar-refractivity contribution in [1.29, 1.82) is 0 Å². The highest BCUT2D eigenvalue weighted by Gasteiger charge is 2.10. The molecule has 0 aliphatic rings. The van der Waals surface area contributed by atoms with Crippen molar-refractivity contribution < 1.29 is 0 Å². The summed E-state index contributed by atoms with van der Waals surface area (Å²) in [6.07, 6.45) is 3.90. The zero-order chi connectivity index (χ0) is 8.04. The van der Waals surface area contributed by atoms with Gasteiger partial charge in [-0.25, -0.2) is 0 Å². The fourth-order valence-electron chi connectivity index (χ4n) is 0.765. The number of halogens is 1. The van der Waals surface area contributed by atoms with Gasteiger partial charge in [-0.15, -0.1) is 17.0 Å². The molecular weight excluding hydrogens is 218 g/mol. The summed E-state index contributed by atoms with van der Waals surface area (Å²) in [7, 11) is -0.818. The van der Waals surface area contributed by atoms with E-state index in [2.05, 4.69) is 31.9 Å². The van der Waals surface area contributed by atoms with Gasteiger partial charge in [0.2, 0.25) is 0 Å². The average Bonchev–Trinajstić information content (AvgIpc) is 1.78. The normalized spacial score (nSPS) is 10.9. The molecule has 0 saturated heterocycles. The van der Waals surface area contributed by atoms with Crippen molar-refractivity contribution in [2.75, 3.05) is 12.7 Å². The van der Waals surface area contributed by atoms with Crippen LogP contribution in [0.5, 0.6) is 0 Å². The molecule has 0 aliphatic carbocycles. The molecule has 0 atom stereocenters. The van der Waals surface area contributed by atoms with Gasteiger partial charge < -0.3 is 5.32 Å². The Hall–Kier alpha value is 0.657. The largest absolute Gasteiger partial charge is 0.319 e. The van der Waals surface area contributed by atoms with Gasteiger partial charge in [0.1, 0.15) is 0 Å². The molecule has 0 fully saturated rings. The molecule has 70 valence electrons. The summed E-state index contributed by atoms with van der Waals surface area (Å²) in [4.78, 5) is 0. The highest BCUT2D eigenvalue weighted by Crippen LogP contribution is 1.96. The molecule has 0 aromatic carbocycles. The Labute approximate surface area is 82.7 Å². The maximum atomic E-state index is 3.49. The van der Waals surface area contributed by atoms with Crippen LogP contribution in [0, 0.1) is 0 Å². The number of hydrogen-bond acceptors (Lipinski definition) is 1. The number of hydrogen-bond donors (Lipinski definition) is 1. The van der Waals surface area contributed by atoms with E-state index in [-0.39, 0.29) is 17.0 Å². The Morgan fingerprint density at radius 3 is 2.09 bits per heavy atom. The molecule has 0 amide bonds. The van der Waals surface area contributed by atoms with Crippen LogP contribution in [0.3, 0.4) is 0 Å². The van der Waals surface area contributed by atoms with E-state index in [1.807, 2.05) is 0 Å². The Morgan fingerprint density at radius 1 is 1.18 bits per heavy atom. The van der Waals surface area contributed by atoms with Gasteiger partial charge in [-0.1, -0.05) is 33.0 Å². The van der Waals surface area contributed by atoms with Crippen LogP contribution in [0.4, 0.5) is 0 Å². The summed E-state index contributed by atoms with van der Waals surface area (Å²) >= 11 is 0. The third-order valence-electron chi connectivity index (χ3n) is 1.36. The van der Waals surface area contributed by atoms with Crippen molar-refractivity contribution in [3.63, 3.8) is 0 Å². The molecule has 0 radical (unpaired) electrons. The van der Waals surface area contributed by atoms with Crippen molar-refractivity contribution in [2.45, 2.75) is 39.4 Å². The predicted octanol–water partition coefficient (Wildman–Crippen LogP) is 2.83. The molecule has 0 rings (SSSR count). The van der Waals surface area contributed by atoms with E-state index in [0.717, 1.165) is 0 Å². The molecule has 0 spiro atoms. The zero-order valence-electron chi connectivity index (χ0n) is 8.24. The maximum absolute atomic E-state index is 3.49. The first-order valence-electron chi connectivity index (χ1n) is 4.27. The van der Waals surface area contributed by atoms with E-state index >= 15 is 0 Å². The number of unbranched alkanes of at least 4 members (excludes halogenated alkanes) is 1. The first kappa shape index (κ1) is 14.2. The molecule has 0 aliphatic heterocycles. The van der Waals surface area contributed by atoms with Crippen LogP contribution in [-0.2, 0) is 0 Å². The van der Waals surface area contributed by atoms with Crippen LogP contribution in [0.15, 0.2) is 0 Å².